The van der Waals surface area contributed by atoms with E-state index in [1.165, 1.54) is 0 Å². The minimum atomic E-state index is -0.772. The van der Waals surface area contributed by atoms with E-state index < -0.39 is 12.1 Å². The Kier molecular flexibility index (Phi) is 5.33. The molecule has 0 aromatic heterocycles. The third-order valence-electron chi connectivity index (χ3n) is 4.76. The van der Waals surface area contributed by atoms with Gasteiger partial charge in [0.1, 0.15) is 0 Å². The number of nitrogens with zero attached hydrogens (tertiary/aromatic N) is 1. The smallest absolute Gasteiger partial charge is 0.339 e. The third kappa shape index (κ3) is 4.17. The molecule has 0 radical (unpaired) electrons. The van der Waals surface area contributed by atoms with E-state index in [0.717, 1.165) is 31.5 Å². The second kappa shape index (κ2) is 7.65. The predicted molar refractivity (Wildman–Crippen MR) is 91.0 cm³/mol. The van der Waals surface area contributed by atoms with Crippen LogP contribution in [0.2, 0.25) is 0 Å². The van der Waals surface area contributed by atoms with Crippen molar-refractivity contribution in [1.29, 1.82) is 0 Å². The molecule has 1 aromatic rings. The second-order valence-electron chi connectivity index (χ2n) is 6.49. The molecular weight excluding hydrogens is 322 g/mol. The Labute approximate surface area is 146 Å². The summed E-state index contributed by atoms with van der Waals surface area (Å²) >= 11 is 0. The molecule has 1 unspecified atom stereocenters. The summed E-state index contributed by atoms with van der Waals surface area (Å²) in [4.78, 5) is 38.0. The summed E-state index contributed by atoms with van der Waals surface area (Å²) in [7, 11) is 1.62. The van der Waals surface area contributed by atoms with Gasteiger partial charge in [0.15, 0.2) is 6.10 Å². The molecule has 25 heavy (non-hydrogen) atoms. The standard InChI is InChI=1S/C18H23N3O4/c1-19-16(22)11-21-8-6-13(7-9-21)20-17(23)15-10-12-4-2-3-5-14(12)18(24)25-15/h2-5,13,15H,6-11H2,1H3,(H,19,22)(H,20,23). The van der Waals surface area contributed by atoms with Crippen LogP contribution in [0.25, 0.3) is 0 Å². The van der Waals surface area contributed by atoms with Crippen LogP contribution < -0.4 is 10.6 Å². The van der Waals surface area contributed by atoms with Crippen molar-refractivity contribution in [1.82, 2.24) is 15.5 Å². The summed E-state index contributed by atoms with van der Waals surface area (Å²) in [6, 6.07) is 7.26. The number of amides is 2. The molecule has 0 spiro atoms. The summed E-state index contributed by atoms with van der Waals surface area (Å²) in [5.74, 6) is -0.690. The number of hydrogen-bond acceptors (Lipinski definition) is 5. The summed E-state index contributed by atoms with van der Waals surface area (Å²) in [5, 5.41) is 5.60. The van der Waals surface area contributed by atoms with Crippen molar-refractivity contribution >= 4 is 17.8 Å². The average molecular weight is 345 g/mol. The number of likely N-dealkylation sites (N-methyl/N-ethyl adjacent to an activating group) is 1. The van der Waals surface area contributed by atoms with Gasteiger partial charge in [0.25, 0.3) is 5.91 Å². The molecule has 134 valence electrons. The van der Waals surface area contributed by atoms with Gasteiger partial charge in [-0.1, -0.05) is 18.2 Å². The lowest BCUT2D eigenvalue weighted by Gasteiger charge is -2.33. The van der Waals surface area contributed by atoms with E-state index >= 15 is 0 Å². The maximum absolute atomic E-state index is 12.5. The van der Waals surface area contributed by atoms with Crippen LogP contribution >= 0.6 is 0 Å². The lowest BCUT2D eigenvalue weighted by Crippen LogP contribution is -2.50. The van der Waals surface area contributed by atoms with Gasteiger partial charge in [-0.05, 0) is 24.5 Å². The molecule has 0 bridgehead atoms. The van der Waals surface area contributed by atoms with Gasteiger partial charge in [0.05, 0.1) is 12.1 Å². The molecule has 7 nitrogen and oxygen atoms in total. The number of carbonyl (C=O) groups is 3. The van der Waals surface area contributed by atoms with Crippen molar-refractivity contribution in [2.24, 2.45) is 0 Å². The van der Waals surface area contributed by atoms with Crippen molar-refractivity contribution in [2.75, 3.05) is 26.7 Å². The maximum atomic E-state index is 12.5. The zero-order chi connectivity index (χ0) is 17.8. The first-order valence-electron chi connectivity index (χ1n) is 8.59. The highest BCUT2D eigenvalue weighted by Gasteiger charge is 2.32. The molecule has 1 saturated heterocycles. The number of hydrogen-bond donors (Lipinski definition) is 2. The Morgan fingerprint density at radius 2 is 1.96 bits per heavy atom. The van der Waals surface area contributed by atoms with Gasteiger partial charge in [-0.25, -0.2) is 4.79 Å². The largest absolute Gasteiger partial charge is 0.448 e. The van der Waals surface area contributed by atoms with E-state index in [-0.39, 0.29) is 17.9 Å². The van der Waals surface area contributed by atoms with Crippen LogP contribution in [0.5, 0.6) is 0 Å². The first-order valence-corrected chi connectivity index (χ1v) is 8.59. The van der Waals surface area contributed by atoms with Crippen LogP contribution in [0.15, 0.2) is 24.3 Å². The maximum Gasteiger partial charge on any atom is 0.339 e. The Bertz CT molecular complexity index is 668. The molecule has 1 aromatic carbocycles. The molecule has 7 heteroatoms. The fraction of sp³-hybridized carbons (Fsp3) is 0.500. The number of esters is 1. The number of carbonyl (C=O) groups excluding carboxylic acids is 3. The van der Waals surface area contributed by atoms with Gasteiger partial charge in [0.2, 0.25) is 5.91 Å². The van der Waals surface area contributed by atoms with Gasteiger partial charge in [-0.15, -0.1) is 0 Å². The highest BCUT2D eigenvalue weighted by atomic mass is 16.5. The number of rotatable bonds is 4. The fourth-order valence-corrected chi connectivity index (χ4v) is 3.29. The van der Waals surface area contributed by atoms with Gasteiger partial charge in [0, 0.05) is 32.6 Å². The van der Waals surface area contributed by atoms with Crippen LogP contribution in [0, 0.1) is 0 Å². The summed E-state index contributed by atoms with van der Waals surface area (Å²) in [6.45, 7) is 1.89. The molecule has 2 aliphatic rings. The molecule has 1 fully saturated rings. The zero-order valence-corrected chi connectivity index (χ0v) is 14.3. The topological polar surface area (TPSA) is 87.7 Å². The minimum absolute atomic E-state index is 0.00438. The molecule has 1 atom stereocenters. The summed E-state index contributed by atoms with van der Waals surface area (Å²) < 4.78 is 5.29. The van der Waals surface area contributed by atoms with Gasteiger partial charge >= 0.3 is 5.97 Å². The quantitative estimate of drug-likeness (QED) is 0.756. The van der Waals surface area contributed by atoms with Gasteiger partial charge < -0.3 is 15.4 Å². The number of piperidine rings is 1. The van der Waals surface area contributed by atoms with E-state index in [2.05, 4.69) is 15.5 Å². The minimum Gasteiger partial charge on any atom is -0.448 e. The number of ether oxygens (including phenoxy) is 1. The van der Waals surface area contributed by atoms with E-state index in [0.29, 0.717) is 18.5 Å². The van der Waals surface area contributed by atoms with Crippen LogP contribution in [-0.2, 0) is 20.7 Å². The van der Waals surface area contributed by atoms with E-state index in [1.807, 2.05) is 12.1 Å². The van der Waals surface area contributed by atoms with Crippen molar-refractivity contribution in [3.63, 3.8) is 0 Å². The van der Waals surface area contributed by atoms with Crippen LogP contribution in [0.1, 0.15) is 28.8 Å². The molecule has 3 rings (SSSR count). The van der Waals surface area contributed by atoms with Crippen molar-refractivity contribution in [2.45, 2.75) is 31.4 Å². The molecule has 0 aliphatic carbocycles. The number of nitrogens with one attached hydrogen (secondary N) is 2. The Hall–Kier alpha value is -2.41. The molecular formula is C18H23N3O4. The fourth-order valence-electron chi connectivity index (χ4n) is 3.29. The molecule has 2 heterocycles. The predicted octanol–water partition coefficient (Wildman–Crippen LogP) is 0.0947. The van der Waals surface area contributed by atoms with Crippen LogP contribution in [0.4, 0.5) is 0 Å². The third-order valence-corrected chi connectivity index (χ3v) is 4.76. The summed E-state index contributed by atoms with van der Waals surface area (Å²) in [5.41, 5.74) is 1.38. The first kappa shape index (κ1) is 17.4. The lowest BCUT2D eigenvalue weighted by molar-refractivity contribution is -0.131. The number of likely N-dealkylation sites (tertiary alicyclic amines) is 1. The normalized spacial score (nSPS) is 21.2. The SMILES string of the molecule is CNC(=O)CN1CCC(NC(=O)C2Cc3ccccc3C(=O)O2)CC1. The number of fused-ring (bicyclic) bond motifs is 1. The second-order valence-corrected chi connectivity index (χ2v) is 6.49. The van der Waals surface area contributed by atoms with Gasteiger partial charge in [-0.2, -0.15) is 0 Å². The van der Waals surface area contributed by atoms with Crippen molar-refractivity contribution in [3.05, 3.63) is 35.4 Å². The molecule has 2 N–H and O–H groups in total. The van der Waals surface area contributed by atoms with Crippen LogP contribution in [-0.4, -0.2) is 61.5 Å². The molecule has 2 amide bonds. The Balaban J connectivity index is 1.51. The zero-order valence-electron chi connectivity index (χ0n) is 14.3. The first-order chi connectivity index (χ1) is 12.1. The van der Waals surface area contributed by atoms with Crippen molar-refractivity contribution < 1.29 is 19.1 Å². The molecule has 2 aliphatic heterocycles. The van der Waals surface area contributed by atoms with E-state index in [4.69, 9.17) is 4.74 Å². The van der Waals surface area contributed by atoms with E-state index in [9.17, 15) is 14.4 Å². The Morgan fingerprint density at radius 3 is 2.68 bits per heavy atom. The monoisotopic (exact) mass is 345 g/mol. The molecule has 0 saturated carbocycles. The number of benzene rings is 1. The highest BCUT2D eigenvalue weighted by Crippen LogP contribution is 2.21. The summed E-state index contributed by atoms with van der Waals surface area (Å²) in [6.07, 6.45) is 1.19. The van der Waals surface area contributed by atoms with Crippen molar-refractivity contribution in [3.8, 4) is 0 Å². The van der Waals surface area contributed by atoms with Crippen LogP contribution in [0.3, 0.4) is 0 Å². The lowest BCUT2D eigenvalue weighted by atomic mass is 9.97. The highest BCUT2D eigenvalue weighted by molar-refractivity contribution is 5.95. The Morgan fingerprint density at radius 1 is 1.24 bits per heavy atom. The van der Waals surface area contributed by atoms with E-state index in [1.54, 1.807) is 19.2 Å². The van der Waals surface area contributed by atoms with Gasteiger partial charge in [-0.3, -0.25) is 14.5 Å². The number of cyclic esters (lactones) is 1. The average Bonchev–Trinajstić information content (AvgIpc) is 2.63.